The van der Waals surface area contributed by atoms with E-state index in [2.05, 4.69) is 45.2 Å². The molecule has 29 heavy (non-hydrogen) atoms. The van der Waals surface area contributed by atoms with E-state index in [1.54, 1.807) is 17.6 Å². The van der Waals surface area contributed by atoms with Gasteiger partial charge in [0.2, 0.25) is 0 Å². The Hall–Kier alpha value is -2.22. The number of aromatic nitrogens is 1. The summed E-state index contributed by atoms with van der Waals surface area (Å²) in [6, 6.07) is 10.1. The molecule has 0 unspecified atom stereocenters. The first-order chi connectivity index (χ1) is 14.1. The van der Waals surface area contributed by atoms with Crippen LogP contribution in [0.1, 0.15) is 35.6 Å². The van der Waals surface area contributed by atoms with Crippen molar-refractivity contribution in [2.24, 2.45) is 0 Å². The fraction of sp³-hybridized carbons (Fsp3) is 0.273. The first kappa shape index (κ1) is 20.1. The van der Waals surface area contributed by atoms with Gasteiger partial charge >= 0.3 is 5.97 Å². The van der Waals surface area contributed by atoms with Crippen molar-refractivity contribution in [1.82, 2.24) is 4.98 Å². The van der Waals surface area contributed by atoms with Crippen LogP contribution in [0.2, 0.25) is 0 Å². The quantitative estimate of drug-likeness (QED) is 0.339. The van der Waals surface area contributed by atoms with Gasteiger partial charge in [-0.2, -0.15) is 0 Å². The van der Waals surface area contributed by atoms with Crippen LogP contribution in [-0.2, 0) is 20.7 Å². The minimum Gasteiger partial charge on any atom is -0.463 e. The molecule has 1 aromatic carbocycles. The Morgan fingerprint density at radius 2 is 2.28 bits per heavy atom. The molecule has 0 aliphatic carbocycles. The number of rotatable bonds is 6. The molecule has 7 heteroatoms. The van der Waals surface area contributed by atoms with Crippen molar-refractivity contribution in [3.05, 3.63) is 75.6 Å². The molecule has 0 spiro atoms. The van der Waals surface area contributed by atoms with Crippen LogP contribution in [0.3, 0.4) is 0 Å². The molecule has 150 valence electrons. The highest BCUT2D eigenvalue weighted by molar-refractivity contribution is 9.10. The fourth-order valence-corrected chi connectivity index (χ4v) is 4.49. The zero-order valence-electron chi connectivity index (χ0n) is 15.8. The minimum absolute atomic E-state index is 0.0672. The Kier molecular flexibility index (Phi) is 6.28. The Morgan fingerprint density at radius 3 is 3.07 bits per heavy atom. The number of carbonyl (C=O) groups excluding carboxylic acids is 1. The first-order valence-corrected chi connectivity index (χ1v) is 10.9. The van der Waals surface area contributed by atoms with Crippen LogP contribution in [0.25, 0.3) is 10.6 Å². The standard InChI is InChI=1S/C22H20BrNO4S/c1-14(25)27-13-17-4-2-5-19(28-17)15-7-8-18(23)16(10-15)11-22-24-12-21(29-22)20-6-3-9-26-20/h2-4,6-10,12,17,19H,5,11,13H2,1H3/t17-,19+/m1/s1. The molecule has 0 fully saturated rings. The number of hydrogen-bond acceptors (Lipinski definition) is 6. The van der Waals surface area contributed by atoms with E-state index in [9.17, 15) is 4.79 Å². The van der Waals surface area contributed by atoms with Crippen molar-refractivity contribution in [3.63, 3.8) is 0 Å². The summed E-state index contributed by atoms with van der Waals surface area (Å²) in [5.41, 5.74) is 2.25. The average Bonchev–Trinajstić information content (AvgIpc) is 3.40. The topological polar surface area (TPSA) is 61.6 Å². The van der Waals surface area contributed by atoms with Crippen LogP contribution >= 0.6 is 27.3 Å². The molecule has 5 nitrogen and oxygen atoms in total. The second-order valence-electron chi connectivity index (χ2n) is 6.75. The average molecular weight is 474 g/mol. The number of nitrogens with zero attached hydrogens (tertiary/aromatic N) is 1. The van der Waals surface area contributed by atoms with Crippen molar-refractivity contribution < 1.29 is 18.7 Å². The number of ether oxygens (including phenoxy) is 2. The summed E-state index contributed by atoms with van der Waals surface area (Å²) in [6.07, 6.45) is 8.78. The molecular weight excluding hydrogens is 454 g/mol. The number of halogens is 1. The van der Waals surface area contributed by atoms with E-state index in [0.717, 1.165) is 44.1 Å². The molecule has 4 rings (SSSR count). The molecule has 3 heterocycles. The Bertz CT molecular complexity index is 1010. The van der Waals surface area contributed by atoms with E-state index >= 15 is 0 Å². The van der Waals surface area contributed by atoms with Gasteiger partial charge in [0.1, 0.15) is 18.5 Å². The number of hydrogen-bond donors (Lipinski definition) is 0. The maximum Gasteiger partial charge on any atom is 0.302 e. The lowest BCUT2D eigenvalue weighted by Crippen LogP contribution is -2.24. The first-order valence-electron chi connectivity index (χ1n) is 9.31. The van der Waals surface area contributed by atoms with Crippen LogP contribution in [0.15, 0.2) is 63.8 Å². The third-order valence-electron chi connectivity index (χ3n) is 4.59. The van der Waals surface area contributed by atoms with Crippen molar-refractivity contribution in [1.29, 1.82) is 0 Å². The molecule has 1 aliphatic heterocycles. The molecule has 0 saturated carbocycles. The van der Waals surface area contributed by atoms with Gasteiger partial charge in [0.05, 0.1) is 22.3 Å². The summed E-state index contributed by atoms with van der Waals surface area (Å²) in [7, 11) is 0. The summed E-state index contributed by atoms with van der Waals surface area (Å²) >= 11 is 5.28. The van der Waals surface area contributed by atoms with Gasteiger partial charge < -0.3 is 13.9 Å². The lowest BCUT2D eigenvalue weighted by Gasteiger charge is -2.26. The van der Waals surface area contributed by atoms with E-state index in [1.807, 2.05) is 24.4 Å². The predicted octanol–water partition coefficient (Wildman–Crippen LogP) is 5.71. The van der Waals surface area contributed by atoms with Crippen molar-refractivity contribution >= 4 is 33.2 Å². The van der Waals surface area contributed by atoms with Crippen LogP contribution in [0, 0.1) is 0 Å². The molecule has 0 saturated heterocycles. The molecule has 2 aromatic heterocycles. The van der Waals surface area contributed by atoms with E-state index in [1.165, 1.54) is 6.92 Å². The lowest BCUT2D eigenvalue weighted by atomic mass is 10.00. The number of benzene rings is 1. The maximum absolute atomic E-state index is 11.1. The predicted molar refractivity (Wildman–Crippen MR) is 115 cm³/mol. The van der Waals surface area contributed by atoms with Gasteiger partial charge in [0.15, 0.2) is 0 Å². The van der Waals surface area contributed by atoms with Crippen molar-refractivity contribution in [3.8, 4) is 10.6 Å². The summed E-state index contributed by atoms with van der Waals surface area (Å²) in [5.74, 6) is 0.537. The number of thiazole rings is 1. The summed E-state index contributed by atoms with van der Waals surface area (Å²) in [6.45, 7) is 1.64. The van der Waals surface area contributed by atoms with Gasteiger partial charge in [0.25, 0.3) is 0 Å². The summed E-state index contributed by atoms with van der Waals surface area (Å²) < 4.78 is 17.7. The Labute approximate surface area is 181 Å². The highest BCUT2D eigenvalue weighted by Gasteiger charge is 2.21. The van der Waals surface area contributed by atoms with E-state index in [-0.39, 0.29) is 24.8 Å². The molecule has 0 bridgehead atoms. The zero-order chi connectivity index (χ0) is 20.2. The monoisotopic (exact) mass is 473 g/mol. The normalized spacial score (nSPS) is 18.7. The van der Waals surface area contributed by atoms with Gasteiger partial charge in [-0.3, -0.25) is 4.79 Å². The number of esters is 1. The van der Waals surface area contributed by atoms with E-state index in [4.69, 9.17) is 13.9 Å². The second kappa shape index (κ2) is 9.07. The fourth-order valence-electron chi connectivity index (χ4n) is 3.19. The molecule has 0 N–H and O–H groups in total. The molecular formula is C22H20BrNO4S. The largest absolute Gasteiger partial charge is 0.463 e. The lowest BCUT2D eigenvalue weighted by molar-refractivity contribution is -0.145. The number of furan rings is 1. The van der Waals surface area contributed by atoms with E-state index in [0.29, 0.717) is 0 Å². The van der Waals surface area contributed by atoms with E-state index < -0.39 is 0 Å². The summed E-state index contributed by atoms with van der Waals surface area (Å²) in [4.78, 5) is 16.6. The second-order valence-corrected chi connectivity index (χ2v) is 8.72. The molecule has 1 aliphatic rings. The van der Waals surface area contributed by atoms with Crippen LogP contribution < -0.4 is 0 Å². The molecule has 0 radical (unpaired) electrons. The van der Waals surface area contributed by atoms with Gasteiger partial charge in [-0.15, -0.1) is 11.3 Å². The summed E-state index contributed by atoms with van der Waals surface area (Å²) in [5, 5.41) is 1.02. The third kappa shape index (κ3) is 5.04. The Balaban J connectivity index is 1.48. The zero-order valence-corrected chi connectivity index (χ0v) is 18.2. The van der Waals surface area contributed by atoms with Crippen molar-refractivity contribution in [2.45, 2.75) is 32.0 Å². The smallest absolute Gasteiger partial charge is 0.302 e. The SMILES string of the molecule is CC(=O)OC[C@H]1C=CC[C@@H](c2ccc(Br)c(Cc3ncc(-c4ccco4)s3)c2)O1. The van der Waals surface area contributed by atoms with Crippen molar-refractivity contribution in [2.75, 3.05) is 6.61 Å². The van der Waals surface area contributed by atoms with Crippen LogP contribution in [0.4, 0.5) is 0 Å². The van der Waals surface area contributed by atoms with Gasteiger partial charge in [-0.25, -0.2) is 4.98 Å². The minimum atomic E-state index is -0.299. The number of carbonyl (C=O) groups is 1. The van der Waals surface area contributed by atoms with Crippen LogP contribution in [0.5, 0.6) is 0 Å². The molecule has 3 aromatic rings. The van der Waals surface area contributed by atoms with Gasteiger partial charge in [-0.05, 0) is 35.7 Å². The molecule has 0 amide bonds. The Morgan fingerprint density at radius 1 is 1.38 bits per heavy atom. The highest BCUT2D eigenvalue weighted by Crippen LogP contribution is 2.33. The third-order valence-corrected chi connectivity index (χ3v) is 6.38. The van der Waals surface area contributed by atoms with Crippen LogP contribution in [-0.4, -0.2) is 23.7 Å². The highest BCUT2D eigenvalue weighted by atomic mass is 79.9. The van der Waals surface area contributed by atoms with Gasteiger partial charge in [0, 0.05) is 24.0 Å². The molecule has 2 atom stereocenters. The van der Waals surface area contributed by atoms with Gasteiger partial charge in [-0.1, -0.05) is 40.2 Å². The maximum atomic E-state index is 11.1.